The fourth-order valence-electron chi connectivity index (χ4n) is 4.48. The van der Waals surface area contributed by atoms with Gasteiger partial charge in [-0.25, -0.2) is 9.78 Å². The van der Waals surface area contributed by atoms with Gasteiger partial charge in [0.05, 0.1) is 7.11 Å². The first-order valence-electron chi connectivity index (χ1n) is 11.9. The van der Waals surface area contributed by atoms with Crippen LogP contribution in [0, 0.1) is 0 Å². The van der Waals surface area contributed by atoms with E-state index in [2.05, 4.69) is 37.9 Å². The van der Waals surface area contributed by atoms with Gasteiger partial charge in [-0.3, -0.25) is 9.89 Å². The number of nitrogens with zero attached hydrogens (tertiary/aromatic N) is 3. The molecule has 2 aromatic carbocycles. The van der Waals surface area contributed by atoms with Crippen LogP contribution in [-0.4, -0.2) is 52.2 Å². The van der Waals surface area contributed by atoms with E-state index in [1.54, 1.807) is 42.6 Å². The van der Waals surface area contributed by atoms with Gasteiger partial charge in [0.2, 0.25) is 5.88 Å². The summed E-state index contributed by atoms with van der Waals surface area (Å²) in [6, 6.07) is 20.7. The second kappa shape index (κ2) is 10.4. The highest BCUT2D eigenvalue weighted by Gasteiger charge is 2.27. The smallest absolute Gasteiger partial charge is 0.321 e. The molecule has 37 heavy (non-hydrogen) atoms. The van der Waals surface area contributed by atoms with E-state index >= 15 is 0 Å². The minimum atomic E-state index is -0.633. The zero-order valence-electron chi connectivity index (χ0n) is 20.3. The van der Waals surface area contributed by atoms with Gasteiger partial charge < -0.3 is 26.0 Å². The van der Waals surface area contributed by atoms with Crippen LogP contribution in [0.3, 0.4) is 0 Å². The van der Waals surface area contributed by atoms with Crippen molar-refractivity contribution in [3.05, 3.63) is 84.1 Å². The molecule has 4 aromatic rings. The van der Waals surface area contributed by atoms with Gasteiger partial charge in [-0.1, -0.05) is 42.5 Å². The molecule has 1 aliphatic heterocycles. The highest BCUT2D eigenvalue weighted by Crippen LogP contribution is 2.31. The van der Waals surface area contributed by atoms with Gasteiger partial charge in [-0.05, 0) is 30.2 Å². The number of ether oxygens (including phenoxy) is 1. The molecule has 0 radical (unpaired) electrons. The molecule has 188 valence electrons. The average molecular weight is 498 g/mol. The molecule has 10 nitrogen and oxygen atoms in total. The Morgan fingerprint density at radius 2 is 1.86 bits per heavy atom. The van der Waals surface area contributed by atoms with E-state index < -0.39 is 5.91 Å². The van der Waals surface area contributed by atoms with Crippen molar-refractivity contribution in [1.82, 2.24) is 20.1 Å². The molecule has 3 heterocycles. The summed E-state index contributed by atoms with van der Waals surface area (Å²) in [5.74, 6) is 0.492. The number of likely N-dealkylation sites (tertiary alicyclic amines) is 1. The molecule has 3 amide bonds. The number of aromatic amines is 1. The van der Waals surface area contributed by atoms with Gasteiger partial charge in [-0.15, -0.1) is 0 Å². The van der Waals surface area contributed by atoms with Gasteiger partial charge >= 0.3 is 6.03 Å². The summed E-state index contributed by atoms with van der Waals surface area (Å²) < 4.78 is 5.14. The van der Waals surface area contributed by atoms with Crippen LogP contribution in [0.2, 0.25) is 0 Å². The van der Waals surface area contributed by atoms with Crippen LogP contribution >= 0.6 is 0 Å². The van der Waals surface area contributed by atoms with E-state index in [-0.39, 0.29) is 11.6 Å². The Morgan fingerprint density at radius 1 is 1.08 bits per heavy atom. The number of nitrogens with two attached hydrogens (primary N) is 1. The Bertz CT molecular complexity index is 1400. The molecule has 1 unspecified atom stereocenters. The number of nitrogens with one attached hydrogen (secondary N) is 3. The lowest BCUT2D eigenvalue weighted by molar-refractivity contribution is 0.100. The number of benzene rings is 2. The number of carbonyl (C=O) groups excluding carboxylic acids is 2. The third-order valence-corrected chi connectivity index (χ3v) is 6.38. The normalized spacial score (nSPS) is 14.8. The monoisotopic (exact) mass is 497 g/mol. The number of pyridine rings is 1. The number of anilines is 3. The van der Waals surface area contributed by atoms with Crippen LogP contribution < -0.4 is 21.1 Å². The van der Waals surface area contributed by atoms with Crippen molar-refractivity contribution >= 4 is 29.1 Å². The molecular formula is C27H27N7O3. The molecule has 0 aliphatic carbocycles. The Balaban J connectivity index is 1.27. The van der Waals surface area contributed by atoms with Crippen molar-refractivity contribution < 1.29 is 14.3 Å². The Kier molecular flexibility index (Phi) is 6.71. The molecule has 0 spiro atoms. The van der Waals surface area contributed by atoms with Crippen molar-refractivity contribution in [2.45, 2.75) is 12.3 Å². The highest BCUT2D eigenvalue weighted by atomic mass is 16.5. The topological polar surface area (TPSA) is 138 Å². The van der Waals surface area contributed by atoms with Gasteiger partial charge in [0, 0.05) is 48.2 Å². The first-order chi connectivity index (χ1) is 18.0. The van der Waals surface area contributed by atoms with Crippen molar-refractivity contribution in [2.24, 2.45) is 5.73 Å². The predicted octanol–water partition coefficient (Wildman–Crippen LogP) is 4.34. The maximum absolute atomic E-state index is 12.8. The minimum absolute atomic E-state index is 0.136. The summed E-state index contributed by atoms with van der Waals surface area (Å²) in [5, 5.41) is 13.2. The number of primary amides is 1. The minimum Gasteiger partial charge on any atom is -0.481 e. The van der Waals surface area contributed by atoms with Gasteiger partial charge in [0.1, 0.15) is 17.1 Å². The van der Waals surface area contributed by atoms with E-state index in [0.29, 0.717) is 53.3 Å². The average Bonchev–Trinajstić information content (AvgIpc) is 3.58. The molecule has 2 aromatic heterocycles. The van der Waals surface area contributed by atoms with E-state index in [1.165, 1.54) is 12.7 Å². The first-order valence-corrected chi connectivity index (χ1v) is 11.9. The number of amides is 3. The maximum atomic E-state index is 12.8. The first kappa shape index (κ1) is 23.9. The van der Waals surface area contributed by atoms with Crippen LogP contribution in [0.15, 0.2) is 72.9 Å². The largest absolute Gasteiger partial charge is 0.481 e. The van der Waals surface area contributed by atoms with E-state index in [1.807, 2.05) is 23.1 Å². The van der Waals surface area contributed by atoms with Crippen molar-refractivity contribution in [2.75, 3.05) is 30.8 Å². The lowest BCUT2D eigenvalue weighted by Gasteiger charge is -2.17. The summed E-state index contributed by atoms with van der Waals surface area (Å²) in [6.07, 6.45) is 2.52. The van der Waals surface area contributed by atoms with E-state index in [4.69, 9.17) is 10.5 Å². The van der Waals surface area contributed by atoms with Crippen molar-refractivity contribution in [3.63, 3.8) is 0 Å². The maximum Gasteiger partial charge on any atom is 0.321 e. The van der Waals surface area contributed by atoms with Crippen LogP contribution in [0.5, 0.6) is 5.88 Å². The van der Waals surface area contributed by atoms with Crippen LogP contribution in [0.25, 0.3) is 11.3 Å². The van der Waals surface area contributed by atoms with Crippen LogP contribution in [0.4, 0.5) is 22.0 Å². The summed E-state index contributed by atoms with van der Waals surface area (Å²) in [4.78, 5) is 31.0. The number of carbonyl (C=O) groups is 2. The number of urea groups is 1. The molecule has 1 atom stereocenters. The predicted molar refractivity (Wildman–Crippen MR) is 141 cm³/mol. The molecule has 0 bridgehead atoms. The molecule has 5 rings (SSSR count). The number of rotatable bonds is 7. The third-order valence-electron chi connectivity index (χ3n) is 6.38. The number of hydrogen-bond donors (Lipinski definition) is 4. The molecular weight excluding hydrogens is 470 g/mol. The molecule has 1 fully saturated rings. The van der Waals surface area contributed by atoms with Crippen molar-refractivity contribution in [1.29, 1.82) is 0 Å². The standard InChI is InChI=1S/C27H27N7O3/c1-37-22-15-21(11-13-29-22)30-26-23(25(28)35)24(32-33-26)18-7-9-20(10-8-18)31-27(36)34-14-12-19(16-34)17-5-3-2-4-6-17/h2-11,13,15,19H,12,14,16H2,1H3,(H2,28,35)(H,31,36)(H2,29,30,32,33). The second-order valence-corrected chi connectivity index (χ2v) is 8.75. The Morgan fingerprint density at radius 3 is 2.59 bits per heavy atom. The molecule has 5 N–H and O–H groups in total. The van der Waals surface area contributed by atoms with E-state index in [0.717, 1.165) is 6.42 Å². The molecule has 1 saturated heterocycles. The van der Waals surface area contributed by atoms with Crippen LogP contribution in [-0.2, 0) is 0 Å². The third kappa shape index (κ3) is 5.22. The van der Waals surface area contributed by atoms with Crippen LogP contribution in [0.1, 0.15) is 28.3 Å². The van der Waals surface area contributed by atoms with Crippen molar-refractivity contribution in [3.8, 4) is 17.1 Å². The summed E-state index contributed by atoms with van der Waals surface area (Å²) in [5.41, 5.74) is 9.54. The fraction of sp³-hybridized carbons (Fsp3) is 0.185. The molecule has 0 saturated carbocycles. The lowest BCUT2D eigenvalue weighted by Crippen LogP contribution is -2.32. The second-order valence-electron chi connectivity index (χ2n) is 8.75. The zero-order valence-corrected chi connectivity index (χ0v) is 20.3. The number of hydrogen-bond acceptors (Lipinski definition) is 6. The fourth-order valence-corrected chi connectivity index (χ4v) is 4.48. The number of aromatic nitrogens is 3. The Labute approximate surface area is 213 Å². The lowest BCUT2D eigenvalue weighted by atomic mass is 9.99. The van der Waals surface area contributed by atoms with E-state index in [9.17, 15) is 9.59 Å². The summed E-state index contributed by atoms with van der Waals surface area (Å²) >= 11 is 0. The molecule has 1 aliphatic rings. The highest BCUT2D eigenvalue weighted by molar-refractivity contribution is 6.04. The SMILES string of the molecule is COc1cc(Nc2[nH]nc(-c3ccc(NC(=O)N4CCC(c5ccccc5)C4)cc3)c2C(N)=O)ccn1. The quantitative estimate of drug-likeness (QED) is 0.300. The number of methoxy groups -OCH3 is 1. The van der Waals surface area contributed by atoms with Gasteiger partial charge in [0.25, 0.3) is 5.91 Å². The van der Waals surface area contributed by atoms with Gasteiger partial charge in [-0.2, -0.15) is 5.10 Å². The number of H-pyrrole nitrogens is 1. The van der Waals surface area contributed by atoms with Gasteiger partial charge in [0.15, 0.2) is 0 Å². The molecule has 10 heteroatoms. The Hall–Kier alpha value is -4.86. The zero-order chi connectivity index (χ0) is 25.8. The summed E-state index contributed by atoms with van der Waals surface area (Å²) in [7, 11) is 1.52. The summed E-state index contributed by atoms with van der Waals surface area (Å²) in [6.45, 7) is 1.39.